The molecule has 1 aromatic rings. The van der Waals surface area contributed by atoms with E-state index in [1.807, 2.05) is 58.0 Å². The van der Waals surface area contributed by atoms with Crippen LogP contribution < -0.4 is 0 Å². The fraction of sp³-hybridized carbons (Fsp3) is 0.714. The molecule has 0 amide bonds. The van der Waals surface area contributed by atoms with Gasteiger partial charge in [0.2, 0.25) is 10.5 Å². The lowest BCUT2D eigenvalue weighted by Gasteiger charge is -2.41. The van der Waals surface area contributed by atoms with Crippen molar-refractivity contribution in [3.63, 3.8) is 0 Å². The first-order valence-electron chi connectivity index (χ1n) is 12.2. The summed E-state index contributed by atoms with van der Waals surface area (Å²) in [7, 11) is 1.59. The van der Waals surface area contributed by atoms with Crippen molar-refractivity contribution < 1.29 is 19.1 Å². The molecule has 204 valence electrons. The van der Waals surface area contributed by atoms with Crippen molar-refractivity contribution in [1.82, 2.24) is 0 Å². The van der Waals surface area contributed by atoms with E-state index in [1.54, 1.807) is 7.11 Å². The Bertz CT molecular complexity index is 741. The van der Waals surface area contributed by atoms with E-state index in [9.17, 15) is 9.59 Å². The van der Waals surface area contributed by atoms with Crippen molar-refractivity contribution in [3.05, 3.63) is 35.9 Å². The first-order chi connectivity index (χ1) is 15.7. The molecule has 0 N–H and O–H groups in total. The third-order valence-corrected chi connectivity index (χ3v) is 7.50. The van der Waals surface area contributed by atoms with Gasteiger partial charge in [-0.15, -0.1) is 12.4 Å². The minimum atomic E-state index is -0.815. The van der Waals surface area contributed by atoms with Gasteiger partial charge in [0, 0.05) is 13.7 Å². The summed E-state index contributed by atoms with van der Waals surface area (Å²) < 4.78 is 10.8. The Balaban J connectivity index is 0. The van der Waals surface area contributed by atoms with Crippen LogP contribution in [0.4, 0.5) is 0 Å². The average Bonchev–Trinajstić information content (AvgIpc) is 2.73. The largest absolute Gasteiger partial charge is 0.383 e. The molecular weight excluding hydrogens is 507 g/mol. The maximum absolute atomic E-state index is 12.0. The molecule has 35 heavy (non-hydrogen) atoms. The summed E-state index contributed by atoms with van der Waals surface area (Å²) in [4.78, 5) is 23.9. The highest BCUT2D eigenvalue weighted by Gasteiger charge is 2.49. The summed E-state index contributed by atoms with van der Waals surface area (Å²) >= 11 is 11.8. The van der Waals surface area contributed by atoms with E-state index >= 15 is 0 Å². The molecule has 0 aliphatic carbocycles. The Morgan fingerprint density at radius 1 is 0.829 bits per heavy atom. The van der Waals surface area contributed by atoms with E-state index in [-0.39, 0.29) is 40.3 Å². The SMILES string of the molecule is CCCCCC(COCC)(C(=O)Cl)C(C)(C)C.COCC(C(=O)Cl)(c1ccccc1)C(C)(C)C.Cl. The number of unbranched alkanes of at least 4 members (excludes halogenated alkanes) is 2. The van der Waals surface area contributed by atoms with Crippen LogP contribution in [0.5, 0.6) is 0 Å². The van der Waals surface area contributed by atoms with Crippen LogP contribution in [0.3, 0.4) is 0 Å². The van der Waals surface area contributed by atoms with Crippen LogP contribution in [0.2, 0.25) is 0 Å². The second-order valence-corrected chi connectivity index (χ2v) is 11.6. The Hall–Kier alpha value is -0.650. The quantitative estimate of drug-likeness (QED) is 0.193. The number of halogens is 3. The van der Waals surface area contributed by atoms with Gasteiger partial charge in [-0.05, 0) is 52.9 Å². The molecule has 1 aromatic carbocycles. The maximum atomic E-state index is 12.0. The topological polar surface area (TPSA) is 52.6 Å². The number of benzene rings is 1. The number of carbonyl (C=O) groups excluding carboxylic acids is 2. The van der Waals surface area contributed by atoms with E-state index < -0.39 is 10.8 Å². The third-order valence-electron chi connectivity index (χ3n) is 6.81. The van der Waals surface area contributed by atoms with Gasteiger partial charge in [-0.25, -0.2) is 0 Å². The van der Waals surface area contributed by atoms with E-state index in [0.717, 1.165) is 31.2 Å². The van der Waals surface area contributed by atoms with Crippen LogP contribution >= 0.6 is 35.6 Å². The van der Waals surface area contributed by atoms with Crippen molar-refractivity contribution in [2.75, 3.05) is 26.9 Å². The van der Waals surface area contributed by atoms with Gasteiger partial charge in [0.15, 0.2) is 0 Å². The molecule has 0 saturated carbocycles. The van der Waals surface area contributed by atoms with E-state index in [2.05, 4.69) is 27.7 Å². The molecule has 4 nitrogen and oxygen atoms in total. The smallest absolute Gasteiger partial charge is 0.235 e. The summed E-state index contributed by atoms with van der Waals surface area (Å²) in [6.45, 7) is 17.6. The highest BCUT2D eigenvalue weighted by Crippen LogP contribution is 2.45. The Morgan fingerprint density at radius 2 is 1.37 bits per heavy atom. The first-order valence-corrected chi connectivity index (χ1v) is 13.0. The monoisotopic (exact) mass is 552 g/mol. The molecule has 0 radical (unpaired) electrons. The number of methoxy groups -OCH3 is 1. The number of rotatable bonds is 12. The molecule has 2 unspecified atom stereocenters. The Morgan fingerprint density at radius 3 is 1.71 bits per heavy atom. The molecule has 0 spiro atoms. The molecule has 1 rings (SSSR count). The molecule has 0 fully saturated rings. The summed E-state index contributed by atoms with van der Waals surface area (Å²) in [5.74, 6) is 0. The molecule has 7 heteroatoms. The zero-order chi connectivity index (χ0) is 26.6. The molecule has 0 heterocycles. The fourth-order valence-electron chi connectivity index (χ4n) is 4.20. The van der Waals surface area contributed by atoms with Gasteiger partial charge in [0.25, 0.3) is 0 Å². The number of carbonyl (C=O) groups is 2. The van der Waals surface area contributed by atoms with Gasteiger partial charge in [0.1, 0.15) is 0 Å². The van der Waals surface area contributed by atoms with Crippen molar-refractivity contribution in [2.24, 2.45) is 16.2 Å². The number of hydrogen-bond acceptors (Lipinski definition) is 4. The van der Waals surface area contributed by atoms with Gasteiger partial charge >= 0.3 is 0 Å². The van der Waals surface area contributed by atoms with Crippen LogP contribution in [0, 0.1) is 16.2 Å². The normalized spacial score (nSPS) is 15.1. The average molecular weight is 554 g/mol. The van der Waals surface area contributed by atoms with Crippen molar-refractivity contribution in [2.45, 2.75) is 86.5 Å². The van der Waals surface area contributed by atoms with Gasteiger partial charge in [-0.2, -0.15) is 0 Å². The number of ether oxygens (including phenoxy) is 2. The number of hydrogen-bond donors (Lipinski definition) is 0. The zero-order valence-corrected chi connectivity index (χ0v) is 25.5. The second kappa shape index (κ2) is 16.2. The standard InChI is InChI=1S/C14H19ClO2.C14H27ClO2.ClH/c1-13(2,3)14(10-17-4,12(15)16)11-8-6-5-7-9-11;1-6-8-9-10-14(12(15)16,11-17-7-2)13(3,4)5;/h5-9H,10H2,1-4H3;6-11H2,1-5H3;1H. The van der Waals surface area contributed by atoms with E-state index in [4.69, 9.17) is 32.7 Å². The summed E-state index contributed by atoms with van der Waals surface area (Å²) in [5, 5.41) is -0.632. The highest BCUT2D eigenvalue weighted by molar-refractivity contribution is 6.65. The predicted molar refractivity (Wildman–Crippen MR) is 151 cm³/mol. The van der Waals surface area contributed by atoms with E-state index in [0.29, 0.717) is 13.2 Å². The first kappa shape index (κ1) is 36.5. The molecule has 0 aliphatic rings. The van der Waals surface area contributed by atoms with Gasteiger partial charge in [-0.3, -0.25) is 9.59 Å². The van der Waals surface area contributed by atoms with Crippen LogP contribution in [0.15, 0.2) is 30.3 Å². The minimum absolute atomic E-state index is 0. The third kappa shape index (κ3) is 9.63. The molecule has 0 aliphatic heterocycles. The Labute approximate surface area is 230 Å². The summed E-state index contributed by atoms with van der Waals surface area (Å²) in [6, 6.07) is 9.58. The second-order valence-electron chi connectivity index (χ2n) is 10.9. The highest BCUT2D eigenvalue weighted by atomic mass is 35.5. The van der Waals surface area contributed by atoms with Crippen LogP contribution in [0.25, 0.3) is 0 Å². The lowest BCUT2D eigenvalue weighted by atomic mass is 9.64. The van der Waals surface area contributed by atoms with Gasteiger partial charge in [-0.1, -0.05) is 98.1 Å². The van der Waals surface area contributed by atoms with Crippen LogP contribution in [-0.2, 0) is 24.5 Å². The summed E-state index contributed by atoms with van der Waals surface area (Å²) in [5.41, 5.74) is -0.961. The van der Waals surface area contributed by atoms with Gasteiger partial charge in [0.05, 0.1) is 24.0 Å². The molecule has 0 aromatic heterocycles. The molecule has 0 bridgehead atoms. The zero-order valence-electron chi connectivity index (χ0n) is 23.1. The predicted octanol–water partition coefficient (Wildman–Crippen LogP) is 8.21. The van der Waals surface area contributed by atoms with Crippen molar-refractivity contribution >= 4 is 46.1 Å². The van der Waals surface area contributed by atoms with Gasteiger partial charge < -0.3 is 9.47 Å². The summed E-state index contributed by atoms with van der Waals surface area (Å²) in [6.07, 6.45) is 4.12. The van der Waals surface area contributed by atoms with Crippen LogP contribution in [-0.4, -0.2) is 37.4 Å². The van der Waals surface area contributed by atoms with Crippen LogP contribution in [0.1, 0.15) is 86.6 Å². The molecule has 0 saturated heterocycles. The van der Waals surface area contributed by atoms with Crippen molar-refractivity contribution in [1.29, 1.82) is 0 Å². The van der Waals surface area contributed by atoms with E-state index in [1.165, 1.54) is 0 Å². The molecule has 2 atom stereocenters. The van der Waals surface area contributed by atoms with Crippen molar-refractivity contribution in [3.8, 4) is 0 Å². The lowest BCUT2D eigenvalue weighted by Crippen LogP contribution is -2.48. The maximum Gasteiger partial charge on any atom is 0.235 e. The fourth-order valence-corrected chi connectivity index (χ4v) is 5.08. The molecular formula is C28H47Cl3O4. The lowest BCUT2D eigenvalue weighted by molar-refractivity contribution is -0.133. The minimum Gasteiger partial charge on any atom is -0.383 e. The Kier molecular flexibility index (Phi) is 16.9.